The van der Waals surface area contributed by atoms with E-state index in [-0.39, 0.29) is 12.0 Å². The van der Waals surface area contributed by atoms with E-state index in [9.17, 15) is 0 Å². The molecule has 0 radical (unpaired) electrons. The molecule has 0 heterocycles. The van der Waals surface area contributed by atoms with Gasteiger partial charge in [0.1, 0.15) is 5.75 Å². The number of hydrogen-bond donors (Lipinski definition) is 3. The average Bonchev–Trinajstić information content (AvgIpc) is 2.35. The van der Waals surface area contributed by atoms with Gasteiger partial charge in [0.2, 0.25) is 0 Å². The summed E-state index contributed by atoms with van der Waals surface area (Å²) < 4.78 is 5.11. The lowest BCUT2D eigenvalue weighted by atomic mass is 9.88. The topological polar surface area (TPSA) is 67.5 Å². The van der Waals surface area contributed by atoms with Crippen molar-refractivity contribution < 1.29 is 9.84 Å². The van der Waals surface area contributed by atoms with E-state index in [2.05, 4.69) is 19.2 Å². The van der Waals surface area contributed by atoms with Crippen molar-refractivity contribution in [2.24, 2.45) is 5.41 Å². The van der Waals surface area contributed by atoms with E-state index >= 15 is 0 Å². The van der Waals surface area contributed by atoms with Gasteiger partial charge in [0, 0.05) is 19.2 Å². The first kappa shape index (κ1) is 14.6. The van der Waals surface area contributed by atoms with Crippen molar-refractivity contribution in [3.63, 3.8) is 0 Å². The molecule has 0 aliphatic heterocycles. The molecule has 4 N–H and O–H groups in total. The molecule has 0 unspecified atom stereocenters. The van der Waals surface area contributed by atoms with E-state index in [0.717, 1.165) is 30.8 Å². The van der Waals surface area contributed by atoms with E-state index < -0.39 is 0 Å². The molecule has 1 aromatic rings. The molecule has 102 valence electrons. The highest BCUT2D eigenvalue weighted by Crippen LogP contribution is 2.27. The van der Waals surface area contributed by atoms with Crippen molar-refractivity contribution in [2.75, 3.05) is 31.3 Å². The third-order valence-corrected chi connectivity index (χ3v) is 3.03. The van der Waals surface area contributed by atoms with E-state index in [0.29, 0.717) is 5.69 Å². The number of anilines is 2. The zero-order chi connectivity index (χ0) is 13.6. The van der Waals surface area contributed by atoms with Crippen molar-refractivity contribution >= 4 is 11.4 Å². The van der Waals surface area contributed by atoms with Crippen LogP contribution in [0.1, 0.15) is 26.7 Å². The summed E-state index contributed by atoms with van der Waals surface area (Å²) in [7, 11) is 1.62. The van der Waals surface area contributed by atoms with Crippen LogP contribution in [-0.4, -0.2) is 25.4 Å². The Morgan fingerprint density at radius 1 is 1.39 bits per heavy atom. The summed E-state index contributed by atoms with van der Waals surface area (Å²) in [4.78, 5) is 0. The second-order valence-corrected chi connectivity index (χ2v) is 5.30. The second-order valence-electron chi connectivity index (χ2n) is 5.30. The number of methoxy groups -OCH3 is 1. The molecule has 4 heteroatoms. The summed E-state index contributed by atoms with van der Waals surface area (Å²) in [6.07, 6.45) is 1.80. The van der Waals surface area contributed by atoms with E-state index in [1.54, 1.807) is 7.11 Å². The number of nitrogens with two attached hydrogens (primary N) is 1. The van der Waals surface area contributed by atoms with E-state index in [1.165, 1.54) is 0 Å². The van der Waals surface area contributed by atoms with E-state index in [1.807, 2.05) is 18.2 Å². The van der Waals surface area contributed by atoms with Crippen molar-refractivity contribution in [3.05, 3.63) is 18.2 Å². The van der Waals surface area contributed by atoms with Crippen molar-refractivity contribution in [3.8, 4) is 5.75 Å². The van der Waals surface area contributed by atoms with Crippen LogP contribution in [0.2, 0.25) is 0 Å². The van der Waals surface area contributed by atoms with Crippen LogP contribution in [0.25, 0.3) is 0 Å². The standard InChI is InChI=1S/C14H24N2O2/c1-14(2,7-4-8-17)10-16-13-6-5-11(18-3)9-12(13)15/h5-6,9,16-17H,4,7-8,10,15H2,1-3H3. The predicted molar refractivity (Wildman–Crippen MR) is 76.0 cm³/mol. The van der Waals surface area contributed by atoms with Crippen LogP contribution in [0.15, 0.2) is 18.2 Å². The molecule has 0 fully saturated rings. The minimum atomic E-state index is 0.134. The number of ether oxygens (including phenoxy) is 1. The molecule has 4 nitrogen and oxygen atoms in total. The maximum Gasteiger partial charge on any atom is 0.121 e. The van der Waals surface area contributed by atoms with Gasteiger partial charge in [0.05, 0.1) is 18.5 Å². The number of nitrogens with one attached hydrogen (secondary N) is 1. The Bertz CT molecular complexity index is 378. The Balaban J connectivity index is 2.57. The van der Waals surface area contributed by atoms with Crippen LogP contribution in [-0.2, 0) is 0 Å². The number of nitrogen functional groups attached to an aromatic ring is 1. The Kier molecular flexibility index (Phi) is 5.28. The Labute approximate surface area is 109 Å². The highest BCUT2D eigenvalue weighted by atomic mass is 16.5. The molecule has 18 heavy (non-hydrogen) atoms. The van der Waals surface area contributed by atoms with Gasteiger partial charge in [-0.1, -0.05) is 13.8 Å². The van der Waals surface area contributed by atoms with Crippen LogP contribution in [0.5, 0.6) is 5.75 Å². The maximum absolute atomic E-state index is 8.86. The molecule has 0 saturated carbocycles. The first-order valence-corrected chi connectivity index (χ1v) is 6.27. The quantitative estimate of drug-likeness (QED) is 0.652. The molecule has 0 bridgehead atoms. The van der Waals surface area contributed by atoms with Crippen LogP contribution < -0.4 is 15.8 Å². The third-order valence-electron chi connectivity index (χ3n) is 3.03. The second kappa shape index (κ2) is 6.50. The van der Waals surface area contributed by atoms with Crippen LogP contribution in [0, 0.1) is 5.41 Å². The molecular formula is C14H24N2O2. The van der Waals surface area contributed by atoms with Crippen LogP contribution in [0.3, 0.4) is 0 Å². The highest BCUT2D eigenvalue weighted by molar-refractivity contribution is 5.68. The predicted octanol–water partition coefficient (Wildman–Crippen LogP) is 2.49. The minimum absolute atomic E-state index is 0.134. The fraction of sp³-hybridized carbons (Fsp3) is 0.571. The molecule has 0 saturated heterocycles. The van der Waals surface area contributed by atoms with Gasteiger partial charge in [0.25, 0.3) is 0 Å². The van der Waals surface area contributed by atoms with Gasteiger partial charge in [-0.3, -0.25) is 0 Å². The Hall–Kier alpha value is -1.42. The average molecular weight is 252 g/mol. The SMILES string of the molecule is COc1ccc(NCC(C)(C)CCCO)c(N)c1. The Morgan fingerprint density at radius 3 is 2.67 bits per heavy atom. The maximum atomic E-state index is 8.86. The first-order chi connectivity index (χ1) is 8.48. The van der Waals surface area contributed by atoms with Gasteiger partial charge >= 0.3 is 0 Å². The summed E-state index contributed by atoms with van der Waals surface area (Å²) in [5.74, 6) is 0.762. The summed E-state index contributed by atoms with van der Waals surface area (Å²) in [5.41, 5.74) is 7.69. The van der Waals surface area contributed by atoms with E-state index in [4.69, 9.17) is 15.6 Å². The lowest BCUT2D eigenvalue weighted by molar-refractivity contribution is 0.248. The largest absolute Gasteiger partial charge is 0.497 e. The zero-order valence-corrected chi connectivity index (χ0v) is 11.5. The lowest BCUT2D eigenvalue weighted by Crippen LogP contribution is -2.23. The molecule has 0 spiro atoms. The van der Waals surface area contributed by atoms with Gasteiger partial charge in [-0.05, 0) is 30.4 Å². The number of aliphatic hydroxyl groups excluding tert-OH is 1. The monoisotopic (exact) mass is 252 g/mol. The summed E-state index contributed by atoms with van der Waals surface area (Å²) in [6, 6.07) is 5.62. The van der Waals surface area contributed by atoms with Gasteiger partial charge in [-0.25, -0.2) is 0 Å². The van der Waals surface area contributed by atoms with Gasteiger partial charge < -0.3 is 20.9 Å². The molecule has 0 aliphatic carbocycles. The summed E-state index contributed by atoms with van der Waals surface area (Å²) in [6.45, 7) is 5.42. The number of aliphatic hydroxyl groups is 1. The normalized spacial score (nSPS) is 11.3. The number of rotatable bonds is 7. The van der Waals surface area contributed by atoms with Crippen LogP contribution >= 0.6 is 0 Å². The smallest absolute Gasteiger partial charge is 0.121 e. The Morgan fingerprint density at radius 2 is 2.11 bits per heavy atom. The fourth-order valence-electron chi connectivity index (χ4n) is 1.81. The molecule has 1 rings (SSSR count). The molecular weight excluding hydrogens is 228 g/mol. The van der Waals surface area contributed by atoms with Gasteiger partial charge in [-0.2, -0.15) is 0 Å². The van der Waals surface area contributed by atoms with Crippen molar-refractivity contribution in [1.82, 2.24) is 0 Å². The number of hydrogen-bond acceptors (Lipinski definition) is 4. The number of benzene rings is 1. The first-order valence-electron chi connectivity index (χ1n) is 6.27. The minimum Gasteiger partial charge on any atom is -0.497 e. The third kappa shape index (κ3) is 4.45. The summed E-state index contributed by atoms with van der Waals surface area (Å²) >= 11 is 0. The molecule has 1 aromatic carbocycles. The molecule has 0 aliphatic rings. The van der Waals surface area contributed by atoms with Crippen molar-refractivity contribution in [1.29, 1.82) is 0 Å². The van der Waals surface area contributed by atoms with Gasteiger partial charge in [-0.15, -0.1) is 0 Å². The zero-order valence-electron chi connectivity index (χ0n) is 11.5. The highest BCUT2D eigenvalue weighted by Gasteiger charge is 2.17. The van der Waals surface area contributed by atoms with Crippen molar-refractivity contribution in [2.45, 2.75) is 26.7 Å². The van der Waals surface area contributed by atoms with Gasteiger partial charge in [0.15, 0.2) is 0 Å². The molecule has 0 amide bonds. The molecule has 0 atom stereocenters. The van der Waals surface area contributed by atoms with Crippen LogP contribution in [0.4, 0.5) is 11.4 Å². The summed E-state index contributed by atoms with van der Waals surface area (Å²) in [5, 5.41) is 12.2. The fourth-order valence-corrected chi connectivity index (χ4v) is 1.81. The molecule has 0 aromatic heterocycles. The lowest BCUT2D eigenvalue weighted by Gasteiger charge is -2.25.